The molecule has 3 nitrogen and oxygen atoms in total. The fourth-order valence-corrected chi connectivity index (χ4v) is 7.64. The van der Waals surface area contributed by atoms with Gasteiger partial charge in [-0.1, -0.05) is 0 Å². The summed E-state index contributed by atoms with van der Waals surface area (Å²) in [6, 6.07) is 17.8. The van der Waals surface area contributed by atoms with Crippen LogP contribution >= 0.6 is 0 Å². The van der Waals surface area contributed by atoms with E-state index in [-0.39, 0.29) is 0 Å². The van der Waals surface area contributed by atoms with Gasteiger partial charge in [-0.3, -0.25) is 0 Å². The molecular formula is C27H24GeN3+. The molecule has 0 atom stereocenters. The predicted molar refractivity (Wildman–Crippen MR) is 134 cm³/mol. The van der Waals surface area contributed by atoms with Gasteiger partial charge in [0.05, 0.1) is 0 Å². The van der Waals surface area contributed by atoms with Crippen LogP contribution in [0.3, 0.4) is 0 Å². The molecule has 3 aromatic heterocycles. The van der Waals surface area contributed by atoms with Crippen molar-refractivity contribution in [1.29, 1.82) is 0 Å². The zero-order valence-electron chi connectivity index (χ0n) is 18.5. The molecule has 0 saturated heterocycles. The minimum absolute atomic E-state index is 0.690. The molecule has 0 saturated carbocycles. The molecule has 4 heteroatoms. The van der Waals surface area contributed by atoms with Crippen LogP contribution in [-0.4, -0.2) is 17.7 Å². The number of rotatable bonds is 1. The van der Waals surface area contributed by atoms with Crippen molar-refractivity contribution < 1.29 is 4.57 Å². The van der Waals surface area contributed by atoms with Crippen molar-refractivity contribution in [3.63, 3.8) is 0 Å². The van der Waals surface area contributed by atoms with Crippen molar-refractivity contribution in [3.05, 3.63) is 71.7 Å². The quantitative estimate of drug-likeness (QED) is 0.0904. The van der Waals surface area contributed by atoms with E-state index in [4.69, 9.17) is 6.57 Å². The number of aryl methyl sites for hydroxylation is 2. The summed E-state index contributed by atoms with van der Waals surface area (Å²) < 4.78 is 6.22. The topological polar surface area (TPSA) is 12.6 Å². The van der Waals surface area contributed by atoms with E-state index in [1.807, 2.05) is 6.07 Å². The van der Waals surface area contributed by atoms with Crippen LogP contribution in [0.15, 0.2) is 54.7 Å². The maximum absolute atomic E-state index is 7.57. The molecule has 31 heavy (non-hydrogen) atoms. The van der Waals surface area contributed by atoms with E-state index in [1.165, 1.54) is 53.4 Å². The zero-order chi connectivity index (χ0) is 21.7. The van der Waals surface area contributed by atoms with Crippen LogP contribution < -0.4 is 8.96 Å². The van der Waals surface area contributed by atoms with E-state index in [0.717, 1.165) is 5.52 Å². The Hall–Kier alpha value is -3.10. The van der Waals surface area contributed by atoms with Crippen molar-refractivity contribution in [1.82, 2.24) is 4.40 Å². The number of nitrogens with zero attached hydrogens (tertiary/aromatic N) is 3. The Balaban J connectivity index is 2.06. The molecule has 0 amide bonds. The number of benzene rings is 3. The van der Waals surface area contributed by atoms with Crippen molar-refractivity contribution in [2.24, 2.45) is 7.05 Å². The average Bonchev–Trinajstić information content (AvgIpc) is 3.07. The molecule has 6 aromatic rings. The van der Waals surface area contributed by atoms with E-state index in [0.29, 0.717) is 5.69 Å². The molecule has 0 radical (unpaired) electrons. The molecule has 150 valence electrons. The summed E-state index contributed by atoms with van der Waals surface area (Å²) in [5, 5.41) is 6.41. The monoisotopic (exact) mass is 464 g/mol. The van der Waals surface area contributed by atoms with E-state index < -0.39 is 13.3 Å². The van der Waals surface area contributed by atoms with Gasteiger partial charge in [-0.05, 0) is 0 Å². The van der Waals surface area contributed by atoms with Crippen LogP contribution in [0.1, 0.15) is 5.56 Å². The van der Waals surface area contributed by atoms with E-state index in [2.05, 4.69) is 93.7 Å². The van der Waals surface area contributed by atoms with Gasteiger partial charge in [0, 0.05) is 0 Å². The van der Waals surface area contributed by atoms with Gasteiger partial charge in [-0.25, -0.2) is 0 Å². The van der Waals surface area contributed by atoms with E-state index >= 15 is 0 Å². The molecule has 0 aliphatic carbocycles. The third kappa shape index (κ3) is 2.37. The Morgan fingerprint density at radius 3 is 2.42 bits per heavy atom. The van der Waals surface area contributed by atoms with Crippen molar-refractivity contribution in [2.45, 2.75) is 24.2 Å². The van der Waals surface area contributed by atoms with Crippen LogP contribution in [0.4, 0.5) is 5.69 Å². The molecular weight excluding hydrogens is 439 g/mol. The second-order valence-electron chi connectivity index (χ2n) is 9.79. The molecule has 0 fully saturated rings. The second kappa shape index (κ2) is 5.99. The Labute approximate surface area is 184 Å². The first kappa shape index (κ1) is 18.7. The Kier molecular flexibility index (Phi) is 3.60. The number of fused-ring (bicyclic) bond motifs is 5. The van der Waals surface area contributed by atoms with Crippen molar-refractivity contribution >= 4 is 72.3 Å². The molecule has 0 bridgehead atoms. The van der Waals surface area contributed by atoms with Gasteiger partial charge in [0.25, 0.3) is 0 Å². The van der Waals surface area contributed by atoms with Gasteiger partial charge >= 0.3 is 184 Å². The number of hydrogen-bond acceptors (Lipinski definition) is 0. The second-order valence-corrected chi connectivity index (χ2v) is 20.4. The summed E-state index contributed by atoms with van der Waals surface area (Å²) in [6.07, 6.45) is 2.20. The van der Waals surface area contributed by atoms with E-state index in [1.54, 1.807) is 0 Å². The molecule has 0 aliphatic heterocycles. The van der Waals surface area contributed by atoms with Gasteiger partial charge in [0.1, 0.15) is 0 Å². The molecule has 0 aliphatic rings. The standard InChI is InChI=1S/C27H24GeN3/c1-16-7-9-21-20-10-8-19(29-5)15-22(20)31-23-14-18(28(2,3)4)13-17-11-12-30(6)27(25(17)23)24(16)26(21)31/h7-15H,1-4,6H3/q+1. The molecule has 0 N–H and O–H groups in total. The van der Waals surface area contributed by atoms with Gasteiger partial charge in [0.2, 0.25) is 0 Å². The minimum atomic E-state index is -2.07. The van der Waals surface area contributed by atoms with E-state index in [9.17, 15) is 0 Å². The van der Waals surface area contributed by atoms with Gasteiger partial charge < -0.3 is 0 Å². The van der Waals surface area contributed by atoms with Gasteiger partial charge in [-0.15, -0.1) is 0 Å². The summed E-state index contributed by atoms with van der Waals surface area (Å²) in [4.78, 5) is 3.73. The number of pyridine rings is 2. The summed E-state index contributed by atoms with van der Waals surface area (Å²) in [6.45, 7) is 9.78. The molecule has 3 aromatic carbocycles. The molecule has 0 unspecified atom stereocenters. The van der Waals surface area contributed by atoms with Gasteiger partial charge in [-0.2, -0.15) is 0 Å². The first-order valence-electron chi connectivity index (χ1n) is 10.7. The summed E-state index contributed by atoms with van der Waals surface area (Å²) in [5.74, 6) is 7.37. The number of hydrogen-bond donors (Lipinski definition) is 0. The third-order valence-corrected chi connectivity index (χ3v) is 11.0. The molecule has 6 rings (SSSR count). The van der Waals surface area contributed by atoms with Crippen LogP contribution in [-0.2, 0) is 7.05 Å². The molecule has 3 heterocycles. The molecule has 0 spiro atoms. The fourth-order valence-electron chi connectivity index (χ4n) is 5.21. The Morgan fingerprint density at radius 1 is 0.903 bits per heavy atom. The predicted octanol–water partition coefficient (Wildman–Crippen LogP) is 6.22. The maximum atomic E-state index is 7.57. The SMILES string of the molecule is [C-]#[N+]c1ccc2c3ccc(C)c4c3n(c2c1)c1c[c]([Ge]([CH3])([CH3])[CH3])cc2cc[n+](C)c4c21. The van der Waals surface area contributed by atoms with Crippen LogP contribution in [0.2, 0.25) is 17.3 Å². The average molecular weight is 463 g/mol. The summed E-state index contributed by atoms with van der Waals surface area (Å²) in [5.41, 5.74) is 6.94. The van der Waals surface area contributed by atoms with Crippen LogP contribution in [0, 0.1) is 13.5 Å². The van der Waals surface area contributed by atoms with Crippen LogP contribution in [0.25, 0.3) is 53.8 Å². The Bertz CT molecular complexity index is 1740. The number of aromatic nitrogens is 2. The van der Waals surface area contributed by atoms with Crippen molar-refractivity contribution in [3.8, 4) is 0 Å². The first-order chi connectivity index (χ1) is 14.8. The third-order valence-electron chi connectivity index (χ3n) is 6.81. The van der Waals surface area contributed by atoms with Gasteiger partial charge in [0.15, 0.2) is 0 Å². The summed E-state index contributed by atoms with van der Waals surface area (Å²) in [7, 11) is 2.15. The van der Waals surface area contributed by atoms with Crippen LogP contribution in [0.5, 0.6) is 0 Å². The van der Waals surface area contributed by atoms with Crippen molar-refractivity contribution in [2.75, 3.05) is 0 Å². The fraction of sp³-hybridized carbons (Fsp3) is 0.185. The normalized spacial score (nSPS) is 12.6. The Morgan fingerprint density at radius 2 is 1.68 bits per heavy atom. The summed E-state index contributed by atoms with van der Waals surface area (Å²) >= 11 is -2.07. The zero-order valence-corrected chi connectivity index (χ0v) is 20.6. The first-order valence-corrected chi connectivity index (χ1v) is 18.1.